The first-order chi connectivity index (χ1) is 8.65. The van der Waals surface area contributed by atoms with Crippen molar-refractivity contribution in [3.63, 3.8) is 0 Å². The number of aromatic amines is 1. The van der Waals surface area contributed by atoms with Crippen LogP contribution in [0.25, 0.3) is 16.9 Å². The van der Waals surface area contributed by atoms with Crippen LogP contribution in [-0.4, -0.2) is 14.5 Å². The Labute approximate surface area is 108 Å². The van der Waals surface area contributed by atoms with Gasteiger partial charge in [0.15, 0.2) is 10.4 Å². The first-order valence-electron chi connectivity index (χ1n) is 5.48. The molecule has 0 aliphatic heterocycles. The largest absolute Gasteiger partial charge is 0.329 e. The van der Waals surface area contributed by atoms with Gasteiger partial charge in [-0.1, -0.05) is 0 Å². The number of H-pyrrole nitrogens is 1. The standard InChI is InChI=1S/C13H10FN3S/c1-8-5-9(14)7-10(6-8)17-12-11(16-13(17)18)3-2-4-15-12/h2-7H,1H3,(H,16,18). The highest BCUT2D eigenvalue weighted by Crippen LogP contribution is 2.19. The molecule has 0 spiro atoms. The number of benzene rings is 1. The summed E-state index contributed by atoms with van der Waals surface area (Å²) in [6.07, 6.45) is 1.69. The Morgan fingerprint density at radius 3 is 2.94 bits per heavy atom. The lowest BCUT2D eigenvalue weighted by atomic mass is 10.2. The minimum atomic E-state index is -0.280. The van der Waals surface area contributed by atoms with Gasteiger partial charge in [-0.3, -0.25) is 4.57 Å². The van der Waals surface area contributed by atoms with Crippen molar-refractivity contribution in [1.29, 1.82) is 0 Å². The Hall–Kier alpha value is -2.01. The molecular formula is C13H10FN3S. The van der Waals surface area contributed by atoms with E-state index in [1.165, 1.54) is 12.1 Å². The van der Waals surface area contributed by atoms with Crippen molar-refractivity contribution in [2.24, 2.45) is 0 Å². The zero-order valence-corrected chi connectivity index (χ0v) is 10.5. The van der Waals surface area contributed by atoms with Crippen LogP contribution in [0.4, 0.5) is 4.39 Å². The molecule has 0 atom stereocenters. The van der Waals surface area contributed by atoms with Crippen LogP contribution < -0.4 is 0 Å². The van der Waals surface area contributed by atoms with Gasteiger partial charge in [0, 0.05) is 6.20 Å². The average Bonchev–Trinajstić information content (AvgIpc) is 2.63. The van der Waals surface area contributed by atoms with E-state index in [0.29, 0.717) is 16.1 Å². The Bertz CT molecular complexity index is 768. The van der Waals surface area contributed by atoms with E-state index >= 15 is 0 Å². The predicted octanol–water partition coefficient (Wildman–Crippen LogP) is 3.53. The number of pyridine rings is 1. The van der Waals surface area contributed by atoms with Crippen molar-refractivity contribution >= 4 is 23.4 Å². The fourth-order valence-electron chi connectivity index (χ4n) is 2.03. The van der Waals surface area contributed by atoms with Gasteiger partial charge in [-0.05, 0) is 55.0 Å². The van der Waals surface area contributed by atoms with Crippen LogP contribution in [0.5, 0.6) is 0 Å². The number of aromatic nitrogens is 3. The zero-order chi connectivity index (χ0) is 12.7. The third-order valence-corrected chi connectivity index (χ3v) is 3.01. The minimum Gasteiger partial charge on any atom is -0.329 e. The molecule has 0 saturated carbocycles. The van der Waals surface area contributed by atoms with Gasteiger partial charge in [-0.15, -0.1) is 0 Å². The van der Waals surface area contributed by atoms with E-state index in [2.05, 4.69) is 9.97 Å². The molecule has 1 aromatic carbocycles. The van der Waals surface area contributed by atoms with E-state index in [-0.39, 0.29) is 5.82 Å². The molecule has 90 valence electrons. The number of hydrogen-bond acceptors (Lipinski definition) is 2. The number of rotatable bonds is 1. The quantitative estimate of drug-likeness (QED) is 0.678. The summed E-state index contributed by atoms with van der Waals surface area (Å²) in [5.41, 5.74) is 3.07. The second-order valence-electron chi connectivity index (χ2n) is 4.13. The van der Waals surface area contributed by atoms with E-state index in [1.807, 2.05) is 25.1 Å². The minimum absolute atomic E-state index is 0.280. The van der Waals surface area contributed by atoms with Gasteiger partial charge in [-0.2, -0.15) is 0 Å². The first-order valence-corrected chi connectivity index (χ1v) is 5.89. The average molecular weight is 259 g/mol. The van der Waals surface area contributed by atoms with Gasteiger partial charge in [0.05, 0.1) is 11.2 Å². The summed E-state index contributed by atoms with van der Waals surface area (Å²) in [5, 5.41) is 0. The van der Waals surface area contributed by atoms with Gasteiger partial charge in [0.1, 0.15) is 5.82 Å². The lowest BCUT2D eigenvalue weighted by molar-refractivity contribution is 0.625. The highest BCUT2D eigenvalue weighted by Gasteiger charge is 2.08. The molecule has 0 aliphatic rings. The van der Waals surface area contributed by atoms with Gasteiger partial charge in [-0.25, -0.2) is 9.37 Å². The zero-order valence-electron chi connectivity index (χ0n) is 9.64. The van der Waals surface area contributed by atoms with Gasteiger partial charge in [0.2, 0.25) is 0 Å². The van der Waals surface area contributed by atoms with Crippen LogP contribution in [0.2, 0.25) is 0 Å². The Morgan fingerprint density at radius 1 is 1.33 bits per heavy atom. The molecule has 0 amide bonds. The second-order valence-corrected chi connectivity index (χ2v) is 4.51. The SMILES string of the molecule is Cc1cc(F)cc(-n2c(=S)[nH]c3cccnc32)c1. The maximum Gasteiger partial charge on any atom is 0.183 e. The van der Waals surface area contributed by atoms with Crippen LogP contribution in [-0.2, 0) is 0 Å². The number of imidazole rings is 1. The van der Waals surface area contributed by atoms with Crippen LogP contribution in [0.3, 0.4) is 0 Å². The number of nitrogens with one attached hydrogen (secondary N) is 1. The molecule has 3 rings (SSSR count). The smallest absolute Gasteiger partial charge is 0.183 e. The van der Waals surface area contributed by atoms with Gasteiger partial charge < -0.3 is 4.98 Å². The van der Waals surface area contributed by atoms with Crippen LogP contribution in [0.1, 0.15) is 5.56 Å². The number of nitrogens with zero attached hydrogens (tertiary/aromatic N) is 2. The Morgan fingerprint density at radius 2 is 2.17 bits per heavy atom. The summed E-state index contributed by atoms with van der Waals surface area (Å²) in [5.74, 6) is -0.280. The summed E-state index contributed by atoms with van der Waals surface area (Å²) < 4.78 is 15.7. The van der Waals surface area contributed by atoms with Crippen molar-refractivity contribution in [3.05, 3.63) is 52.7 Å². The molecule has 2 aromatic heterocycles. The van der Waals surface area contributed by atoms with Gasteiger partial charge in [0.25, 0.3) is 0 Å². The molecule has 18 heavy (non-hydrogen) atoms. The van der Waals surface area contributed by atoms with Crippen molar-refractivity contribution in [2.45, 2.75) is 6.92 Å². The summed E-state index contributed by atoms with van der Waals surface area (Å²) in [4.78, 5) is 7.34. The molecule has 5 heteroatoms. The molecule has 0 saturated heterocycles. The maximum atomic E-state index is 13.5. The van der Waals surface area contributed by atoms with Crippen molar-refractivity contribution in [3.8, 4) is 5.69 Å². The summed E-state index contributed by atoms with van der Waals surface area (Å²) in [7, 11) is 0. The molecule has 1 N–H and O–H groups in total. The molecule has 0 fully saturated rings. The van der Waals surface area contributed by atoms with Crippen LogP contribution in [0, 0.1) is 17.5 Å². The highest BCUT2D eigenvalue weighted by atomic mass is 32.1. The number of hydrogen-bond donors (Lipinski definition) is 1. The van der Waals surface area contributed by atoms with E-state index in [4.69, 9.17) is 12.2 Å². The summed E-state index contributed by atoms with van der Waals surface area (Å²) >= 11 is 5.27. The van der Waals surface area contributed by atoms with Crippen LogP contribution >= 0.6 is 12.2 Å². The molecule has 2 heterocycles. The number of halogens is 1. The summed E-state index contributed by atoms with van der Waals surface area (Å²) in [6, 6.07) is 8.52. The molecule has 0 bridgehead atoms. The molecule has 0 aliphatic carbocycles. The normalized spacial score (nSPS) is 11.0. The van der Waals surface area contributed by atoms with E-state index in [0.717, 1.165) is 11.1 Å². The van der Waals surface area contributed by atoms with Crippen LogP contribution in [0.15, 0.2) is 36.5 Å². The Balaban J connectivity index is 2.37. The lowest BCUT2D eigenvalue weighted by Crippen LogP contribution is -1.97. The fraction of sp³-hybridized carbons (Fsp3) is 0.0769. The van der Waals surface area contributed by atoms with E-state index in [1.54, 1.807) is 10.8 Å². The molecule has 0 unspecified atom stereocenters. The maximum absolute atomic E-state index is 13.5. The molecule has 0 radical (unpaired) electrons. The topological polar surface area (TPSA) is 33.6 Å². The highest BCUT2D eigenvalue weighted by molar-refractivity contribution is 7.71. The van der Waals surface area contributed by atoms with Gasteiger partial charge >= 0.3 is 0 Å². The predicted molar refractivity (Wildman–Crippen MR) is 70.9 cm³/mol. The third-order valence-electron chi connectivity index (χ3n) is 2.73. The number of fused-ring (bicyclic) bond motifs is 1. The molecule has 3 nitrogen and oxygen atoms in total. The van der Waals surface area contributed by atoms with E-state index in [9.17, 15) is 4.39 Å². The molecule has 3 aromatic rings. The fourth-order valence-corrected chi connectivity index (χ4v) is 2.33. The van der Waals surface area contributed by atoms with Crippen molar-refractivity contribution in [1.82, 2.24) is 14.5 Å². The third kappa shape index (κ3) is 1.73. The lowest BCUT2D eigenvalue weighted by Gasteiger charge is -2.05. The van der Waals surface area contributed by atoms with Crippen molar-refractivity contribution < 1.29 is 4.39 Å². The van der Waals surface area contributed by atoms with E-state index < -0.39 is 0 Å². The summed E-state index contributed by atoms with van der Waals surface area (Å²) in [6.45, 7) is 1.85. The molecular weight excluding hydrogens is 249 g/mol. The van der Waals surface area contributed by atoms with Crippen molar-refractivity contribution in [2.75, 3.05) is 0 Å². The second kappa shape index (κ2) is 4.03. The number of aryl methyl sites for hydroxylation is 1. The monoisotopic (exact) mass is 259 g/mol. The first kappa shape index (κ1) is 11.1. The Kier molecular flexibility index (Phi) is 2.48.